The van der Waals surface area contributed by atoms with Crippen LogP contribution in [-0.2, 0) is 23.2 Å². The van der Waals surface area contributed by atoms with Crippen LogP contribution < -0.4 is 5.32 Å². The van der Waals surface area contributed by atoms with Gasteiger partial charge in [0, 0.05) is 20.2 Å². The van der Waals surface area contributed by atoms with Gasteiger partial charge in [0.05, 0.1) is 23.4 Å². The van der Waals surface area contributed by atoms with E-state index in [1.165, 1.54) is 0 Å². The molecule has 1 N–H and O–H groups in total. The first-order valence-electron chi connectivity index (χ1n) is 8.39. The van der Waals surface area contributed by atoms with E-state index >= 15 is 0 Å². The first kappa shape index (κ1) is 17.7. The number of carbonyl (C=O) groups is 1. The van der Waals surface area contributed by atoms with Crippen LogP contribution >= 0.6 is 0 Å². The van der Waals surface area contributed by atoms with Crippen LogP contribution in [0.1, 0.15) is 23.9 Å². The Morgan fingerprint density at radius 2 is 2.23 bits per heavy atom. The number of rotatable bonds is 8. The van der Waals surface area contributed by atoms with E-state index in [2.05, 4.69) is 16.4 Å². The molecule has 0 saturated carbocycles. The molecule has 0 spiro atoms. The molecule has 2 heterocycles. The first-order chi connectivity index (χ1) is 12.7. The van der Waals surface area contributed by atoms with Crippen LogP contribution in [0.15, 0.2) is 47.1 Å². The number of aryl methyl sites for hydroxylation is 1. The van der Waals surface area contributed by atoms with Gasteiger partial charge in [0.1, 0.15) is 18.2 Å². The van der Waals surface area contributed by atoms with Gasteiger partial charge in [0.15, 0.2) is 5.92 Å². The number of aromatic nitrogens is 2. The van der Waals surface area contributed by atoms with E-state index in [4.69, 9.17) is 9.15 Å². The van der Waals surface area contributed by atoms with Crippen molar-refractivity contribution >= 4 is 16.9 Å². The van der Waals surface area contributed by atoms with Crippen molar-refractivity contribution in [2.75, 3.05) is 13.2 Å². The molecule has 7 heteroatoms. The van der Waals surface area contributed by atoms with Gasteiger partial charge in [-0.25, -0.2) is 4.98 Å². The third-order valence-corrected chi connectivity index (χ3v) is 4.06. The number of para-hydroxylation sites is 2. The molecule has 2 aromatic heterocycles. The molecule has 0 aliphatic carbocycles. The van der Waals surface area contributed by atoms with Crippen molar-refractivity contribution < 1.29 is 13.9 Å². The van der Waals surface area contributed by atoms with E-state index in [1.54, 1.807) is 10.8 Å². The molecule has 0 fully saturated rings. The maximum Gasteiger partial charge on any atom is 0.245 e. The lowest BCUT2D eigenvalue weighted by molar-refractivity contribution is -0.121. The Morgan fingerprint density at radius 1 is 1.38 bits per heavy atom. The summed E-state index contributed by atoms with van der Waals surface area (Å²) in [6.07, 6.45) is 2.25. The maximum atomic E-state index is 12.4. The molecule has 1 aromatic carbocycles. The summed E-state index contributed by atoms with van der Waals surface area (Å²) in [7, 11) is 1.81. The minimum Gasteiger partial charge on any atom is -0.467 e. The molecular weight excluding hydrogens is 332 g/mol. The van der Waals surface area contributed by atoms with Gasteiger partial charge < -0.3 is 19.0 Å². The van der Waals surface area contributed by atoms with Crippen LogP contribution in [0.4, 0.5) is 0 Å². The largest absolute Gasteiger partial charge is 0.467 e. The van der Waals surface area contributed by atoms with Crippen molar-refractivity contribution in [2.45, 2.75) is 18.9 Å². The number of nitriles is 1. The minimum atomic E-state index is -0.948. The Bertz CT molecular complexity index is 909. The number of imidazole rings is 1. The molecule has 1 atom stereocenters. The minimum absolute atomic E-state index is 0.350. The average molecular weight is 352 g/mol. The predicted molar refractivity (Wildman–Crippen MR) is 95.1 cm³/mol. The van der Waals surface area contributed by atoms with Crippen molar-refractivity contribution in [1.82, 2.24) is 14.9 Å². The highest BCUT2D eigenvalue weighted by Crippen LogP contribution is 2.20. The van der Waals surface area contributed by atoms with Crippen molar-refractivity contribution in [3.05, 3.63) is 54.2 Å². The summed E-state index contributed by atoms with van der Waals surface area (Å²) in [5.74, 6) is -0.0888. The zero-order valence-electron chi connectivity index (χ0n) is 14.5. The molecule has 0 aliphatic heterocycles. The van der Waals surface area contributed by atoms with Gasteiger partial charge in [-0.05, 0) is 30.7 Å². The third-order valence-electron chi connectivity index (χ3n) is 4.06. The monoisotopic (exact) mass is 352 g/mol. The molecule has 1 amide bonds. The molecule has 0 saturated heterocycles. The molecule has 0 aliphatic rings. The van der Waals surface area contributed by atoms with Crippen LogP contribution in [0.25, 0.3) is 11.0 Å². The Kier molecular flexibility index (Phi) is 5.66. The van der Waals surface area contributed by atoms with Gasteiger partial charge in [-0.1, -0.05) is 12.1 Å². The zero-order valence-corrected chi connectivity index (χ0v) is 14.5. The van der Waals surface area contributed by atoms with E-state index in [0.29, 0.717) is 32.0 Å². The predicted octanol–water partition coefficient (Wildman–Crippen LogP) is 2.50. The lowest BCUT2D eigenvalue weighted by Crippen LogP contribution is -2.31. The highest BCUT2D eigenvalue weighted by atomic mass is 16.5. The van der Waals surface area contributed by atoms with Gasteiger partial charge in [-0.3, -0.25) is 4.79 Å². The lowest BCUT2D eigenvalue weighted by Gasteiger charge is -2.10. The lowest BCUT2D eigenvalue weighted by atomic mass is 10.1. The smallest absolute Gasteiger partial charge is 0.245 e. The van der Waals surface area contributed by atoms with E-state index < -0.39 is 5.92 Å². The quantitative estimate of drug-likeness (QED) is 0.629. The van der Waals surface area contributed by atoms with Crippen LogP contribution in [0.3, 0.4) is 0 Å². The van der Waals surface area contributed by atoms with Gasteiger partial charge in [-0.2, -0.15) is 5.26 Å². The average Bonchev–Trinajstić information content (AvgIpc) is 3.28. The third kappa shape index (κ3) is 3.92. The topological polar surface area (TPSA) is 93.1 Å². The normalized spacial score (nSPS) is 12.0. The Morgan fingerprint density at radius 3 is 2.96 bits per heavy atom. The fraction of sp³-hybridized carbons (Fsp3) is 0.316. The number of ether oxygens (including phenoxy) is 1. The van der Waals surface area contributed by atoms with Crippen LogP contribution in [-0.4, -0.2) is 28.6 Å². The number of benzene rings is 1. The van der Waals surface area contributed by atoms with Crippen LogP contribution in [0, 0.1) is 11.3 Å². The van der Waals surface area contributed by atoms with E-state index in [9.17, 15) is 10.1 Å². The molecule has 134 valence electrons. The summed E-state index contributed by atoms with van der Waals surface area (Å²) in [5.41, 5.74) is 1.66. The number of hydrogen-bond acceptors (Lipinski definition) is 5. The first-order valence-corrected chi connectivity index (χ1v) is 8.39. The van der Waals surface area contributed by atoms with Gasteiger partial charge in [0.25, 0.3) is 0 Å². The molecule has 7 nitrogen and oxygen atoms in total. The number of nitrogens with one attached hydrogen (secondary N) is 1. The summed E-state index contributed by atoms with van der Waals surface area (Å²) in [6.45, 7) is 1.32. The molecule has 3 aromatic rings. The molecule has 3 rings (SSSR count). The fourth-order valence-corrected chi connectivity index (χ4v) is 2.71. The highest BCUT2D eigenvalue weighted by molar-refractivity contribution is 5.87. The summed E-state index contributed by atoms with van der Waals surface area (Å²) in [5, 5.41) is 12.2. The van der Waals surface area contributed by atoms with Crippen molar-refractivity contribution in [3.63, 3.8) is 0 Å². The summed E-state index contributed by atoms with van der Waals surface area (Å²) in [6, 6.07) is 13.3. The van der Waals surface area contributed by atoms with Crippen molar-refractivity contribution in [3.8, 4) is 6.07 Å². The number of fused-ring (bicyclic) bond motifs is 1. The van der Waals surface area contributed by atoms with Crippen LogP contribution in [0.2, 0.25) is 0 Å². The van der Waals surface area contributed by atoms with Gasteiger partial charge >= 0.3 is 0 Å². The molecule has 26 heavy (non-hydrogen) atoms. The maximum absolute atomic E-state index is 12.4. The summed E-state index contributed by atoms with van der Waals surface area (Å²) >= 11 is 0. The second kappa shape index (κ2) is 8.32. The van der Waals surface area contributed by atoms with Crippen molar-refractivity contribution in [2.24, 2.45) is 7.05 Å². The number of carbonyl (C=O) groups excluding carboxylic acids is 1. The molecule has 0 unspecified atom stereocenters. The number of furan rings is 1. The Hall–Kier alpha value is -3.11. The van der Waals surface area contributed by atoms with E-state index in [-0.39, 0.29) is 5.91 Å². The Labute approximate surface area is 151 Å². The highest BCUT2D eigenvalue weighted by Gasteiger charge is 2.25. The van der Waals surface area contributed by atoms with Gasteiger partial charge in [0.2, 0.25) is 5.91 Å². The van der Waals surface area contributed by atoms with Gasteiger partial charge in [-0.15, -0.1) is 0 Å². The van der Waals surface area contributed by atoms with Crippen LogP contribution in [0.5, 0.6) is 0 Å². The molecular formula is C19H20N4O3. The zero-order chi connectivity index (χ0) is 18.4. The molecule has 0 bridgehead atoms. The Balaban J connectivity index is 1.50. The number of amides is 1. The summed E-state index contributed by atoms with van der Waals surface area (Å²) in [4.78, 5) is 16.8. The number of hydrogen-bond donors (Lipinski definition) is 1. The molecule has 0 radical (unpaired) electrons. The standard InChI is InChI=1S/C19H20N4O3/c1-23-17-8-3-2-7-16(17)22-18(23)15(12-20)19(24)21-9-5-10-25-13-14-6-4-11-26-14/h2-4,6-8,11,15H,5,9-10,13H2,1H3,(H,21,24)/t15-/m0/s1. The summed E-state index contributed by atoms with van der Waals surface area (Å²) < 4.78 is 12.4. The second-order valence-electron chi connectivity index (χ2n) is 5.86. The van der Waals surface area contributed by atoms with E-state index in [0.717, 1.165) is 16.8 Å². The SMILES string of the molecule is Cn1c([C@H](C#N)C(=O)NCCCOCc2ccco2)nc2ccccc21. The van der Waals surface area contributed by atoms with Crippen molar-refractivity contribution in [1.29, 1.82) is 5.26 Å². The second-order valence-corrected chi connectivity index (χ2v) is 5.86. The van der Waals surface area contributed by atoms with E-state index in [1.807, 2.05) is 43.4 Å². The fourth-order valence-electron chi connectivity index (χ4n) is 2.71. The number of nitrogens with zero attached hydrogens (tertiary/aromatic N) is 3.